The fourth-order valence-corrected chi connectivity index (χ4v) is 4.31. The van der Waals surface area contributed by atoms with Crippen molar-refractivity contribution in [1.29, 1.82) is 0 Å². The Labute approximate surface area is 129 Å². The van der Waals surface area contributed by atoms with Crippen molar-refractivity contribution in [3.8, 4) is 0 Å². The summed E-state index contributed by atoms with van der Waals surface area (Å²) in [5, 5.41) is 5.81. The fraction of sp³-hybridized carbons (Fsp3) is 0.357. The third-order valence-electron chi connectivity index (χ3n) is 3.13. The van der Waals surface area contributed by atoms with Gasteiger partial charge in [-0.1, -0.05) is 0 Å². The van der Waals surface area contributed by atoms with Crippen LogP contribution in [0.15, 0.2) is 22.4 Å². The number of hydrogen-bond donors (Lipinski definition) is 2. The van der Waals surface area contributed by atoms with Crippen molar-refractivity contribution in [1.82, 2.24) is 9.71 Å². The van der Waals surface area contributed by atoms with Crippen molar-refractivity contribution in [2.24, 2.45) is 0 Å². The van der Waals surface area contributed by atoms with E-state index in [9.17, 15) is 8.42 Å². The molecule has 2 N–H and O–H groups in total. The van der Waals surface area contributed by atoms with Crippen LogP contribution in [-0.4, -0.2) is 20.4 Å². The molecule has 0 saturated heterocycles. The van der Waals surface area contributed by atoms with Gasteiger partial charge in [0.25, 0.3) is 0 Å². The van der Waals surface area contributed by atoms with Crippen LogP contribution in [-0.2, 0) is 16.6 Å². The second kappa shape index (κ2) is 6.13. The van der Waals surface area contributed by atoms with Gasteiger partial charge in [-0.2, -0.15) is 0 Å². The normalized spacial score (nSPS) is 11.6. The fourth-order valence-electron chi connectivity index (χ4n) is 2.25. The highest BCUT2D eigenvalue weighted by Gasteiger charge is 2.20. The van der Waals surface area contributed by atoms with Gasteiger partial charge in [-0.3, -0.25) is 0 Å². The molecule has 0 unspecified atom stereocenters. The minimum absolute atomic E-state index is 0.208. The van der Waals surface area contributed by atoms with Crippen molar-refractivity contribution < 1.29 is 8.42 Å². The van der Waals surface area contributed by atoms with E-state index in [1.807, 2.05) is 31.5 Å². The molecule has 0 radical (unpaired) electrons. The largest absolute Gasteiger partial charge is 0.388 e. The lowest BCUT2D eigenvalue weighted by Crippen LogP contribution is -2.25. The van der Waals surface area contributed by atoms with E-state index in [0.29, 0.717) is 4.90 Å². The minimum Gasteiger partial charge on any atom is -0.388 e. The van der Waals surface area contributed by atoms with Crippen LogP contribution in [0.3, 0.4) is 0 Å². The molecule has 21 heavy (non-hydrogen) atoms. The van der Waals surface area contributed by atoms with Gasteiger partial charge in [0.05, 0.1) is 22.1 Å². The van der Waals surface area contributed by atoms with E-state index in [2.05, 4.69) is 15.0 Å². The topological polar surface area (TPSA) is 71.1 Å². The van der Waals surface area contributed by atoms with Crippen LogP contribution in [0.4, 0.5) is 5.69 Å². The van der Waals surface area contributed by atoms with E-state index in [-0.39, 0.29) is 6.54 Å². The zero-order valence-electron chi connectivity index (χ0n) is 12.5. The lowest BCUT2D eigenvalue weighted by molar-refractivity contribution is 0.579. The summed E-state index contributed by atoms with van der Waals surface area (Å²) < 4.78 is 27.6. The number of nitrogens with one attached hydrogen (secondary N) is 2. The molecule has 5 nitrogen and oxygen atoms in total. The summed E-state index contributed by atoms with van der Waals surface area (Å²) in [5.41, 5.74) is 3.09. The second-order valence-corrected chi connectivity index (χ2v) is 7.64. The SMILES string of the molecule is CNc1cc(C)c(S(=O)(=O)NCc2csc(C)n2)c(C)c1. The van der Waals surface area contributed by atoms with Crippen LogP contribution in [0.25, 0.3) is 0 Å². The molecule has 1 heterocycles. The number of sulfonamides is 1. The van der Waals surface area contributed by atoms with Gasteiger partial charge < -0.3 is 5.32 Å². The summed E-state index contributed by atoms with van der Waals surface area (Å²) >= 11 is 1.51. The lowest BCUT2D eigenvalue weighted by atomic mass is 10.1. The van der Waals surface area contributed by atoms with Crippen molar-refractivity contribution >= 4 is 27.0 Å². The number of nitrogens with zero attached hydrogens (tertiary/aromatic N) is 1. The first kappa shape index (κ1) is 15.9. The third-order valence-corrected chi connectivity index (χ3v) is 5.66. The van der Waals surface area contributed by atoms with Gasteiger partial charge in [-0.15, -0.1) is 11.3 Å². The molecule has 0 aliphatic heterocycles. The highest BCUT2D eigenvalue weighted by molar-refractivity contribution is 7.89. The van der Waals surface area contributed by atoms with Gasteiger partial charge in [-0.05, 0) is 44.0 Å². The minimum atomic E-state index is -3.55. The maximum Gasteiger partial charge on any atom is 0.241 e. The molecule has 0 atom stereocenters. The Balaban J connectivity index is 2.27. The zero-order valence-corrected chi connectivity index (χ0v) is 14.2. The Bertz CT molecular complexity index is 728. The molecule has 0 aliphatic carbocycles. The van der Waals surface area contributed by atoms with E-state index >= 15 is 0 Å². The molecule has 1 aromatic carbocycles. The predicted octanol–water partition coefficient (Wildman–Crippen LogP) is 2.59. The maximum atomic E-state index is 12.5. The molecule has 0 fully saturated rings. The monoisotopic (exact) mass is 325 g/mol. The summed E-state index contributed by atoms with van der Waals surface area (Å²) in [7, 11) is -1.74. The van der Waals surface area contributed by atoms with Crippen molar-refractivity contribution in [3.63, 3.8) is 0 Å². The van der Waals surface area contributed by atoms with E-state index in [4.69, 9.17) is 0 Å². The number of hydrogen-bond acceptors (Lipinski definition) is 5. The summed E-state index contributed by atoms with van der Waals surface area (Å²) in [6.07, 6.45) is 0. The van der Waals surface area contributed by atoms with Gasteiger partial charge in [0.15, 0.2) is 0 Å². The summed E-state index contributed by atoms with van der Waals surface area (Å²) in [5.74, 6) is 0. The number of aryl methyl sites for hydroxylation is 3. The van der Waals surface area contributed by atoms with E-state index < -0.39 is 10.0 Å². The van der Waals surface area contributed by atoms with Gasteiger partial charge in [0, 0.05) is 18.1 Å². The van der Waals surface area contributed by atoms with Crippen LogP contribution in [0.1, 0.15) is 21.8 Å². The Morgan fingerprint density at radius 3 is 2.29 bits per heavy atom. The van der Waals surface area contributed by atoms with Crippen LogP contribution < -0.4 is 10.0 Å². The lowest BCUT2D eigenvalue weighted by Gasteiger charge is -2.13. The molecule has 0 saturated carbocycles. The first-order valence-corrected chi connectivity index (χ1v) is 8.89. The molecule has 2 rings (SSSR count). The first-order chi connectivity index (χ1) is 9.83. The molecular weight excluding hydrogens is 306 g/mol. The molecule has 114 valence electrons. The van der Waals surface area contributed by atoms with Gasteiger partial charge >= 0.3 is 0 Å². The number of anilines is 1. The van der Waals surface area contributed by atoms with E-state index in [1.165, 1.54) is 11.3 Å². The van der Waals surface area contributed by atoms with Crippen LogP contribution in [0, 0.1) is 20.8 Å². The summed E-state index contributed by atoms with van der Waals surface area (Å²) in [6, 6.07) is 3.66. The molecule has 7 heteroatoms. The first-order valence-electron chi connectivity index (χ1n) is 6.53. The number of aromatic nitrogens is 1. The second-order valence-electron chi connectivity index (χ2n) is 4.87. The van der Waals surface area contributed by atoms with Crippen molar-refractivity contribution in [2.75, 3.05) is 12.4 Å². The van der Waals surface area contributed by atoms with Crippen LogP contribution in [0.2, 0.25) is 0 Å². The maximum absolute atomic E-state index is 12.5. The van der Waals surface area contributed by atoms with Crippen LogP contribution in [0.5, 0.6) is 0 Å². The van der Waals surface area contributed by atoms with Gasteiger partial charge in [0.1, 0.15) is 0 Å². The molecule has 0 amide bonds. The van der Waals surface area contributed by atoms with E-state index in [0.717, 1.165) is 27.5 Å². The number of rotatable bonds is 5. The standard InChI is InChI=1S/C14H19N3O2S2/c1-9-5-12(15-4)6-10(2)14(9)21(18,19)16-7-13-8-20-11(3)17-13/h5-6,8,15-16H,7H2,1-4H3. The molecule has 0 spiro atoms. The smallest absolute Gasteiger partial charge is 0.241 e. The summed E-state index contributed by atoms with van der Waals surface area (Å²) in [4.78, 5) is 4.60. The zero-order chi connectivity index (χ0) is 15.6. The Kier molecular flexibility index (Phi) is 4.65. The predicted molar refractivity (Wildman–Crippen MR) is 86.3 cm³/mol. The summed E-state index contributed by atoms with van der Waals surface area (Å²) in [6.45, 7) is 5.71. The molecule has 0 bridgehead atoms. The molecule has 0 aliphatic rings. The van der Waals surface area contributed by atoms with Crippen molar-refractivity contribution in [2.45, 2.75) is 32.2 Å². The van der Waals surface area contributed by atoms with Crippen molar-refractivity contribution in [3.05, 3.63) is 39.3 Å². The van der Waals surface area contributed by atoms with E-state index in [1.54, 1.807) is 13.8 Å². The molecule has 1 aromatic heterocycles. The molecular formula is C14H19N3O2S2. The quantitative estimate of drug-likeness (QED) is 0.886. The van der Waals surface area contributed by atoms with Gasteiger partial charge in [0.2, 0.25) is 10.0 Å². The highest BCUT2D eigenvalue weighted by Crippen LogP contribution is 2.24. The van der Waals surface area contributed by atoms with Crippen LogP contribution >= 0.6 is 11.3 Å². The average molecular weight is 325 g/mol. The molecule has 2 aromatic rings. The average Bonchev–Trinajstić information content (AvgIpc) is 2.81. The highest BCUT2D eigenvalue weighted by atomic mass is 32.2. The Morgan fingerprint density at radius 1 is 1.19 bits per heavy atom. The van der Waals surface area contributed by atoms with Gasteiger partial charge in [-0.25, -0.2) is 18.1 Å². The number of benzene rings is 1. The Morgan fingerprint density at radius 2 is 1.81 bits per heavy atom. The Hall–Kier alpha value is -1.44. The third kappa shape index (κ3) is 3.61. The number of thiazole rings is 1.